The van der Waals surface area contributed by atoms with Gasteiger partial charge >= 0.3 is 0 Å². The molecule has 0 amide bonds. The van der Waals surface area contributed by atoms with Crippen LogP contribution in [0, 0.1) is 12.3 Å². The number of aliphatic imine (C=N–C) groups is 1. The Balaban J connectivity index is 1.75. The van der Waals surface area contributed by atoms with Crippen molar-refractivity contribution in [1.29, 1.82) is 0 Å². The van der Waals surface area contributed by atoms with Crippen molar-refractivity contribution >= 4 is 23.7 Å². The number of hydrogen-bond donors (Lipinski definition) is 2. The number of nitrogens with two attached hydrogens (primary N) is 1. The summed E-state index contributed by atoms with van der Waals surface area (Å²) in [7, 11) is 3.76. The van der Waals surface area contributed by atoms with Gasteiger partial charge in [0.1, 0.15) is 5.82 Å². The Labute approximate surface area is 171 Å². The van der Waals surface area contributed by atoms with Gasteiger partial charge in [-0.2, -0.15) is 4.98 Å². The van der Waals surface area contributed by atoms with Crippen LogP contribution in [-0.2, 0) is 13.1 Å². The molecule has 0 radical (unpaired) electrons. The van der Waals surface area contributed by atoms with E-state index in [9.17, 15) is 0 Å². The minimum absolute atomic E-state index is 0.230. The molecule has 6 nitrogen and oxygen atoms in total. The Morgan fingerprint density at radius 1 is 1.14 bits per heavy atom. The summed E-state index contributed by atoms with van der Waals surface area (Å²) in [4.78, 5) is 14.9. The second-order valence-electron chi connectivity index (χ2n) is 6.72. The van der Waals surface area contributed by atoms with Gasteiger partial charge in [0.05, 0.1) is 5.69 Å². The van der Waals surface area contributed by atoms with Crippen LogP contribution in [0.15, 0.2) is 59.6 Å². The summed E-state index contributed by atoms with van der Waals surface area (Å²) in [5.74, 6) is 3.52. The minimum atomic E-state index is 0.230. The number of benzene rings is 2. The Morgan fingerprint density at radius 2 is 1.93 bits per heavy atom. The fourth-order valence-electron chi connectivity index (χ4n) is 3.06. The third kappa shape index (κ3) is 5.64. The second kappa shape index (κ2) is 9.49. The van der Waals surface area contributed by atoms with Crippen LogP contribution in [0.2, 0.25) is 0 Å². The molecule has 0 saturated carbocycles. The summed E-state index contributed by atoms with van der Waals surface area (Å²) in [5, 5.41) is 3.28. The van der Waals surface area contributed by atoms with E-state index in [2.05, 4.69) is 43.2 Å². The maximum Gasteiger partial charge on any atom is 0.222 e. The Kier molecular flexibility index (Phi) is 6.56. The fourth-order valence-corrected chi connectivity index (χ4v) is 3.06. The van der Waals surface area contributed by atoms with Crippen molar-refractivity contribution in [3.63, 3.8) is 0 Å². The lowest BCUT2D eigenvalue weighted by atomic mass is 10.1. The Hall–Kier alpha value is -3.69. The molecule has 3 aromatic rings. The van der Waals surface area contributed by atoms with Crippen LogP contribution < -0.4 is 11.1 Å². The monoisotopic (exact) mass is 384 g/mol. The zero-order chi connectivity index (χ0) is 20.6. The molecule has 3 rings (SSSR count). The van der Waals surface area contributed by atoms with Crippen LogP contribution in [0.4, 0.5) is 17.5 Å². The lowest BCUT2D eigenvalue weighted by Gasteiger charge is -2.17. The van der Waals surface area contributed by atoms with Crippen molar-refractivity contribution in [1.82, 2.24) is 14.9 Å². The zero-order valence-corrected chi connectivity index (χ0v) is 16.6. The first-order chi connectivity index (χ1) is 14.1. The minimum Gasteiger partial charge on any atom is -0.368 e. The second-order valence-corrected chi connectivity index (χ2v) is 6.72. The van der Waals surface area contributed by atoms with E-state index >= 15 is 0 Å². The molecular weight excluding hydrogens is 360 g/mol. The Morgan fingerprint density at radius 3 is 2.66 bits per heavy atom. The molecule has 0 fully saturated rings. The van der Waals surface area contributed by atoms with E-state index in [-0.39, 0.29) is 5.95 Å². The number of aromatic nitrogens is 2. The molecule has 0 aliphatic rings. The highest BCUT2D eigenvalue weighted by molar-refractivity contribution is 5.85. The van der Waals surface area contributed by atoms with Gasteiger partial charge < -0.3 is 11.1 Å². The predicted molar refractivity (Wildman–Crippen MR) is 119 cm³/mol. The van der Waals surface area contributed by atoms with Crippen LogP contribution in [0.5, 0.6) is 0 Å². The molecule has 0 spiro atoms. The summed E-state index contributed by atoms with van der Waals surface area (Å²) in [6.07, 6.45) is 7.29. The average molecular weight is 384 g/mol. The molecule has 0 saturated heterocycles. The largest absolute Gasteiger partial charge is 0.368 e. The van der Waals surface area contributed by atoms with Gasteiger partial charge in [0, 0.05) is 49.2 Å². The van der Waals surface area contributed by atoms with Gasteiger partial charge in [0.2, 0.25) is 5.95 Å². The van der Waals surface area contributed by atoms with E-state index in [0.29, 0.717) is 12.4 Å². The molecule has 2 aromatic carbocycles. The van der Waals surface area contributed by atoms with E-state index in [1.54, 1.807) is 13.3 Å². The quantitative estimate of drug-likeness (QED) is 0.482. The average Bonchev–Trinajstić information content (AvgIpc) is 2.69. The summed E-state index contributed by atoms with van der Waals surface area (Å²) < 4.78 is 0. The SMILES string of the molecule is C#Cc1ccc(Nc2cc(CN(C)Cc3ccccc3)nc(N)n2)cc1/C=N\C. The summed E-state index contributed by atoms with van der Waals surface area (Å²) in [5.41, 5.74) is 10.5. The molecule has 0 aliphatic carbocycles. The molecule has 3 N–H and O–H groups in total. The molecule has 0 atom stereocenters. The van der Waals surface area contributed by atoms with E-state index in [1.165, 1.54) is 5.56 Å². The highest BCUT2D eigenvalue weighted by Gasteiger charge is 2.08. The predicted octanol–water partition coefficient (Wildman–Crippen LogP) is 3.46. The molecule has 29 heavy (non-hydrogen) atoms. The van der Waals surface area contributed by atoms with E-state index in [0.717, 1.165) is 29.1 Å². The summed E-state index contributed by atoms with van der Waals surface area (Å²) in [6, 6.07) is 17.9. The van der Waals surface area contributed by atoms with Crippen LogP contribution in [0.1, 0.15) is 22.4 Å². The maximum atomic E-state index is 5.94. The smallest absolute Gasteiger partial charge is 0.222 e. The molecule has 0 aliphatic heterocycles. The highest BCUT2D eigenvalue weighted by atomic mass is 15.1. The molecule has 1 aromatic heterocycles. The van der Waals surface area contributed by atoms with Crippen molar-refractivity contribution < 1.29 is 0 Å². The van der Waals surface area contributed by atoms with Gasteiger partial charge in [-0.15, -0.1) is 6.42 Å². The number of nitrogens with zero attached hydrogens (tertiary/aromatic N) is 4. The van der Waals surface area contributed by atoms with Gasteiger partial charge in [-0.3, -0.25) is 9.89 Å². The first-order valence-electron chi connectivity index (χ1n) is 9.23. The van der Waals surface area contributed by atoms with Crippen molar-refractivity contribution in [2.45, 2.75) is 13.1 Å². The maximum absolute atomic E-state index is 5.94. The van der Waals surface area contributed by atoms with Gasteiger partial charge in [0.25, 0.3) is 0 Å². The molecule has 1 heterocycles. The highest BCUT2D eigenvalue weighted by Crippen LogP contribution is 2.20. The molecule has 146 valence electrons. The van der Waals surface area contributed by atoms with Crippen LogP contribution in [0.3, 0.4) is 0 Å². The lowest BCUT2D eigenvalue weighted by molar-refractivity contribution is 0.315. The molecular formula is C23H24N6. The number of rotatable bonds is 7. The third-order valence-corrected chi connectivity index (χ3v) is 4.27. The topological polar surface area (TPSA) is 79.4 Å². The standard InChI is InChI=1S/C23H24N6/c1-4-18-10-11-20(12-19(18)14-25-2)26-22-13-21(27-23(24)28-22)16-29(3)15-17-8-6-5-7-9-17/h1,5-14H,15-16H2,2-3H3,(H3,24,26,27,28)/b25-14-. The van der Waals surface area contributed by atoms with Gasteiger partial charge in [0.15, 0.2) is 0 Å². The van der Waals surface area contributed by atoms with E-state index in [1.807, 2.05) is 49.5 Å². The van der Waals surface area contributed by atoms with E-state index < -0.39 is 0 Å². The fraction of sp³-hybridized carbons (Fsp3) is 0.174. The number of nitrogens with one attached hydrogen (secondary N) is 1. The van der Waals surface area contributed by atoms with Crippen LogP contribution in [0.25, 0.3) is 0 Å². The van der Waals surface area contributed by atoms with Gasteiger partial charge in [-0.1, -0.05) is 36.3 Å². The summed E-state index contributed by atoms with van der Waals surface area (Å²) >= 11 is 0. The van der Waals surface area contributed by atoms with Crippen LogP contribution >= 0.6 is 0 Å². The van der Waals surface area contributed by atoms with E-state index in [4.69, 9.17) is 12.2 Å². The number of terminal acetylenes is 1. The van der Waals surface area contributed by atoms with Crippen molar-refractivity contribution in [3.8, 4) is 12.3 Å². The molecule has 0 unspecified atom stereocenters. The zero-order valence-electron chi connectivity index (χ0n) is 16.6. The molecule has 0 bridgehead atoms. The van der Waals surface area contributed by atoms with Crippen molar-refractivity contribution in [2.24, 2.45) is 4.99 Å². The molecule has 6 heteroatoms. The van der Waals surface area contributed by atoms with Crippen molar-refractivity contribution in [3.05, 3.63) is 77.0 Å². The number of nitrogen functional groups attached to an aromatic ring is 1. The first-order valence-corrected chi connectivity index (χ1v) is 9.23. The Bertz CT molecular complexity index is 1040. The third-order valence-electron chi connectivity index (χ3n) is 4.27. The number of hydrogen-bond acceptors (Lipinski definition) is 6. The normalized spacial score (nSPS) is 11.0. The van der Waals surface area contributed by atoms with Gasteiger partial charge in [-0.05, 0) is 30.8 Å². The van der Waals surface area contributed by atoms with Crippen LogP contribution in [-0.4, -0.2) is 35.2 Å². The van der Waals surface area contributed by atoms with Gasteiger partial charge in [-0.25, -0.2) is 4.98 Å². The van der Waals surface area contributed by atoms with Crippen molar-refractivity contribution in [2.75, 3.05) is 25.1 Å². The first kappa shape index (κ1) is 20.1. The lowest BCUT2D eigenvalue weighted by Crippen LogP contribution is -2.18. The number of anilines is 3. The summed E-state index contributed by atoms with van der Waals surface area (Å²) in [6.45, 7) is 1.47.